The zero-order valence-electron chi connectivity index (χ0n) is 12.3. The smallest absolute Gasteiger partial charge is 0.307 e. The molecular formula is C14H21N3O4. The van der Waals surface area contributed by atoms with Gasteiger partial charge in [-0.3, -0.25) is 14.3 Å². The zero-order valence-corrected chi connectivity index (χ0v) is 12.3. The molecule has 1 aliphatic rings. The summed E-state index contributed by atoms with van der Waals surface area (Å²) in [6.45, 7) is 3.12. The molecule has 0 bridgehead atoms. The molecule has 3 atom stereocenters. The maximum Gasteiger partial charge on any atom is 0.307 e. The van der Waals surface area contributed by atoms with Gasteiger partial charge in [-0.1, -0.05) is 6.92 Å². The summed E-state index contributed by atoms with van der Waals surface area (Å²) < 4.78 is 6.63. The van der Waals surface area contributed by atoms with E-state index in [9.17, 15) is 14.7 Å². The minimum atomic E-state index is -0.893. The van der Waals surface area contributed by atoms with Crippen LogP contribution in [0.4, 0.5) is 5.69 Å². The van der Waals surface area contributed by atoms with Crippen molar-refractivity contribution in [2.24, 2.45) is 17.8 Å². The Labute approximate surface area is 123 Å². The first-order chi connectivity index (χ1) is 10.0. The van der Waals surface area contributed by atoms with Crippen LogP contribution < -0.4 is 5.32 Å². The lowest BCUT2D eigenvalue weighted by Crippen LogP contribution is -2.29. The SMILES string of the molecule is COCCn1cc(NC(=O)C2CC(C)CC2C(=O)O)cn1. The Balaban J connectivity index is 1.97. The molecule has 1 saturated carbocycles. The number of aromatic nitrogens is 2. The van der Waals surface area contributed by atoms with Crippen molar-refractivity contribution >= 4 is 17.6 Å². The molecule has 0 radical (unpaired) electrons. The van der Waals surface area contributed by atoms with Gasteiger partial charge in [-0.05, 0) is 18.8 Å². The van der Waals surface area contributed by atoms with Gasteiger partial charge in [0.15, 0.2) is 0 Å². The number of hydrogen-bond acceptors (Lipinski definition) is 4. The average Bonchev–Trinajstić information content (AvgIpc) is 3.03. The number of hydrogen-bond donors (Lipinski definition) is 2. The zero-order chi connectivity index (χ0) is 15.4. The molecule has 1 aliphatic carbocycles. The van der Waals surface area contributed by atoms with Gasteiger partial charge in [0.05, 0.1) is 36.9 Å². The normalized spacial score (nSPS) is 25.0. The van der Waals surface area contributed by atoms with Crippen LogP contribution in [0.3, 0.4) is 0 Å². The van der Waals surface area contributed by atoms with Crippen LogP contribution in [0.25, 0.3) is 0 Å². The van der Waals surface area contributed by atoms with E-state index in [0.29, 0.717) is 31.7 Å². The molecule has 1 fully saturated rings. The van der Waals surface area contributed by atoms with Crippen molar-refractivity contribution in [3.63, 3.8) is 0 Å². The van der Waals surface area contributed by atoms with E-state index in [1.54, 1.807) is 24.2 Å². The van der Waals surface area contributed by atoms with Crippen molar-refractivity contribution in [2.75, 3.05) is 19.0 Å². The Kier molecular flexibility index (Phi) is 4.95. The number of anilines is 1. The first-order valence-corrected chi connectivity index (χ1v) is 7.06. The summed E-state index contributed by atoms with van der Waals surface area (Å²) in [7, 11) is 1.61. The molecule has 7 heteroatoms. The van der Waals surface area contributed by atoms with Crippen molar-refractivity contribution in [1.29, 1.82) is 0 Å². The number of nitrogens with one attached hydrogen (secondary N) is 1. The molecule has 1 heterocycles. The molecule has 116 valence electrons. The highest BCUT2D eigenvalue weighted by molar-refractivity contribution is 5.95. The van der Waals surface area contributed by atoms with Gasteiger partial charge < -0.3 is 15.2 Å². The number of nitrogens with zero attached hydrogens (tertiary/aromatic N) is 2. The summed E-state index contributed by atoms with van der Waals surface area (Å²) in [5, 5.41) is 16.1. The molecule has 0 saturated heterocycles. The average molecular weight is 295 g/mol. The summed E-state index contributed by atoms with van der Waals surface area (Å²) in [4.78, 5) is 23.5. The van der Waals surface area contributed by atoms with Gasteiger partial charge in [-0.25, -0.2) is 0 Å². The fourth-order valence-corrected chi connectivity index (χ4v) is 2.82. The first kappa shape index (κ1) is 15.5. The molecule has 2 N–H and O–H groups in total. The molecule has 21 heavy (non-hydrogen) atoms. The topological polar surface area (TPSA) is 93.5 Å². The number of carboxylic acid groups (broad SMARTS) is 1. The van der Waals surface area contributed by atoms with Gasteiger partial charge in [0.1, 0.15) is 0 Å². The molecule has 3 unspecified atom stereocenters. The maximum atomic E-state index is 12.3. The lowest BCUT2D eigenvalue weighted by Gasteiger charge is -2.14. The lowest BCUT2D eigenvalue weighted by molar-refractivity contribution is -0.145. The summed E-state index contributed by atoms with van der Waals surface area (Å²) in [5.41, 5.74) is 0.583. The summed E-state index contributed by atoms with van der Waals surface area (Å²) in [5.74, 6) is -1.94. The van der Waals surface area contributed by atoms with E-state index < -0.39 is 17.8 Å². The van der Waals surface area contributed by atoms with E-state index in [2.05, 4.69) is 10.4 Å². The minimum absolute atomic E-state index is 0.238. The largest absolute Gasteiger partial charge is 0.481 e. The Morgan fingerprint density at radius 1 is 1.48 bits per heavy atom. The maximum absolute atomic E-state index is 12.3. The summed E-state index contributed by atoms with van der Waals surface area (Å²) in [6, 6.07) is 0. The number of carbonyl (C=O) groups excluding carboxylic acids is 1. The van der Waals surface area contributed by atoms with Gasteiger partial charge in [-0.15, -0.1) is 0 Å². The van der Waals surface area contributed by atoms with Crippen molar-refractivity contribution in [1.82, 2.24) is 9.78 Å². The van der Waals surface area contributed by atoms with Crippen LogP contribution in [-0.4, -0.2) is 40.5 Å². The first-order valence-electron chi connectivity index (χ1n) is 7.06. The minimum Gasteiger partial charge on any atom is -0.481 e. The number of carboxylic acids is 1. The number of ether oxygens (including phenoxy) is 1. The number of amides is 1. The van der Waals surface area contributed by atoms with Gasteiger partial charge in [0.2, 0.25) is 5.91 Å². The quantitative estimate of drug-likeness (QED) is 0.823. The number of aliphatic carboxylic acids is 1. The van der Waals surface area contributed by atoms with E-state index >= 15 is 0 Å². The Morgan fingerprint density at radius 2 is 2.19 bits per heavy atom. The molecule has 2 rings (SSSR count). The van der Waals surface area contributed by atoms with Crippen LogP contribution in [0.1, 0.15) is 19.8 Å². The second-order valence-electron chi connectivity index (χ2n) is 5.60. The molecule has 1 aromatic heterocycles. The summed E-state index contributed by atoms with van der Waals surface area (Å²) in [6.07, 6.45) is 4.44. The van der Waals surface area contributed by atoms with E-state index in [0.717, 1.165) is 0 Å². The van der Waals surface area contributed by atoms with E-state index in [1.807, 2.05) is 6.92 Å². The molecule has 0 aromatic carbocycles. The highest BCUT2D eigenvalue weighted by atomic mass is 16.5. The number of methoxy groups -OCH3 is 1. The van der Waals surface area contributed by atoms with Crippen molar-refractivity contribution in [2.45, 2.75) is 26.3 Å². The molecule has 7 nitrogen and oxygen atoms in total. The molecule has 0 spiro atoms. The van der Waals surface area contributed by atoms with Gasteiger partial charge in [-0.2, -0.15) is 5.10 Å². The summed E-state index contributed by atoms with van der Waals surface area (Å²) >= 11 is 0. The highest BCUT2D eigenvalue weighted by Crippen LogP contribution is 2.37. The third-order valence-electron chi connectivity index (χ3n) is 3.88. The fraction of sp³-hybridized carbons (Fsp3) is 0.643. The number of carbonyl (C=O) groups is 2. The molecular weight excluding hydrogens is 274 g/mol. The standard InChI is InChI=1S/C14H21N3O4/c1-9-5-11(12(6-9)14(19)20)13(18)16-10-7-15-17(8-10)3-4-21-2/h7-9,11-12H,3-6H2,1-2H3,(H,16,18)(H,19,20). The Morgan fingerprint density at radius 3 is 2.86 bits per heavy atom. The van der Waals surface area contributed by atoms with Crippen LogP contribution >= 0.6 is 0 Å². The van der Waals surface area contributed by atoms with Crippen molar-refractivity contribution in [3.05, 3.63) is 12.4 Å². The molecule has 1 amide bonds. The van der Waals surface area contributed by atoms with Crippen LogP contribution in [0.15, 0.2) is 12.4 Å². The predicted octanol–water partition coefficient (Wildman–Crippen LogP) is 1.21. The Hall–Kier alpha value is -1.89. The second kappa shape index (κ2) is 6.71. The van der Waals surface area contributed by atoms with Crippen LogP contribution in [0.2, 0.25) is 0 Å². The second-order valence-corrected chi connectivity index (χ2v) is 5.60. The van der Waals surface area contributed by atoms with E-state index in [4.69, 9.17) is 4.74 Å². The van der Waals surface area contributed by atoms with Gasteiger partial charge in [0.25, 0.3) is 0 Å². The molecule has 0 aliphatic heterocycles. The highest BCUT2D eigenvalue weighted by Gasteiger charge is 2.41. The third kappa shape index (κ3) is 3.81. The van der Waals surface area contributed by atoms with Crippen molar-refractivity contribution in [3.8, 4) is 0 Å². The van der Waals surface area contributed by atoms with Gasteiger partial charge >= 0.3 is 5.97 Å². The van der Waals surface area contributed by atoms with E-state index in [1.165, 1.54) is 0 Å². The molecule has 1 aromatic rings. The lowest BCUT2D eigenvalue weighted by atomic mass is 9.95. The third-order valence-corrected chi connectivity index (χ3v) is 3.88. The monoisotopic (exact) mass is 295 g/mol. The fourth-order valence-electron chi connectivity index (χ4n) is 2.82. The Bertz CT molecular complexity index is 514. The van der Waals surface area contributed by atoms with Crippen molar-refractivity contribution < 1.29 is 19.4 Å². The van der Waals surface area contributed by atoms with Gasteiger partial charge in [0, 0.05) is 13.3 Å². The van der Waals surface area contributed by atoms with Crippen LogP contribution in [0, 0.1) is 17.8 Å². The number of rotatable bonds is 6. The van der Waals surface area contributed by atoms with E-state index in [-0.39, 0.29) is 11.8 Å². The van der Waals surface area contributed by atoms with Crippen LogP contribution in [-0.2, 0) is 20.9 Å². The predicted molar refractivity (Wildman–Crippen MR) is 75.7 cm³/mol. The van der Waals surface area contributed by atoms with Crippen LogP contribution in [0.5, 0.6) is 0 Å².